The fraction of sp³-hybridized carbons (Fsp3) is 0.231. The van der Waals surface area contributed by atoms with Crippen LogP contribution >= 0.6 is 11.6 Å². The third kappa shape index (κ3) is 1.99. The van der Waals surface area contributed by atoms with Gasteiger partial charge in [0.25, 0.3) is 0 Å². The molecule has 1 unspecified atom stereocenters. The summed E-state index contributed by atoms with van der Waals surface area (Å²) >= 11 is 6.15. The van der Waals surface area contributed by atoms with E-state index < -0.39 is 5.54 Å². The van der Waals surface area contributed by atoms with Gasteiger partial charge < -0.3 is 5.73 Å². The molecule has 0 saturated carbocycles. The fourth-order valence-corrected chi connectivity index (χ4v) is 2.10. The molecule has 0 amide bonds. The minimum absolute atomic E-state index is 0.447. The first-order chi connectivity index (χ1) is 7.12. The molecular formula is C13H14ClN. The molecule has 0 aromatic heterocycles. The van der Waals surface area contributed by atoms with E-state index in [4.69, 9.17) is 17.3 Å². The largest absolute Gasteiger partial charge is 0.318 e. The van der Waals surface area contributed by atoms with Gasteiger partial charge in [-0.25, -0.2) is 0 Å². The van der Waals surface area contributed by atoms with Crippen molar-refractivity contribution in [3.8, 4) is 0 Å². The van der Waals surface area contributed by atoms with E-state index in [0.29, 0.717) is 0 Å². The summed E-state index contributed by atoms with van der Waals surface area (Å²) in [5.41, 5.74) is 8.13. The molecule has 1 atom stereocenters. The van der Waals surface area contributed by atoms with E-state index in [1.54, 1.807) is 0 Å². The Balaban J connectivity index is 2.40. The summed E-state index contributed by atoms with van der Waals surface area (Å²) in [6, 6.07) is 7.75. The van der Waals surface area contributed by atoms with Crippen LogP contribution in [-0.2, 0) is 5.54 Å². The van der Waals surface area contributed by atoms with Crippen LogP contribution < -0.4 is 5.73 Å². The monoisotopic (exact) mass is 219 g/mol. The van der Waals surface area contributed by atoms with Gasteiger partial charge in [-0.15, -0.1) is 0 Å². The zero-order valence-electron chi connectivity index (χ0n) is 8.70. The Morgan fingerprint density at radius 1 is 1.33 bits per heavy atom. The highest BCUT2D eigenvalue weighted by atomic mass is 35.5. The molecular weight excluding hydrogens is 206 g/mol. The van der Waals surface area contributed by atoms with Gasteiger partial charge in [0, 0.05) is 5.02 Å². The molecule has 0 saturated heterocycles. The maximum Gasteiger partial charge on any atom is 0.0648 e. The van der Waals surface area contributed by atoms with Crippen LogP contribution in [0.4, 0.5) is 0 Å². The van der Waals surface area contributed by atoms with Crippen molar-refractivity contribution >= 4 is 11.6 Å². The predicted octanol–water partition coefficient (Wildman–Crippen LogP) is 3.40. The normalized spacial score (nSPS) is 25.1. The molecule has 0 bridgehead atoms. The van der Waals surface area contributed by atoms with Crippen LogP contribution in [0.1, 0.15) is 18.9 Å². The number of allylic oxidation sites excluding steroid dienone is 2. The summed E-state index contributed by atoms with van der Waals surface area (Å²) in [6.45, 7) is 2.07. The number of hydrogen-bond acceptors (Lipinski definition) is 1. The van der Waals surface area contributed by atoms with E-state index >= 15 is 0 Å². The van der Waals surface area contributed by atoms with E-state index in [9.17, 15) is 0 Å². The first-order valence-corrected chi connectivity index (χ1v) is 5.39. The lowest BCUT2D eigenvalue weighted by Crippen LogP contribution is -2.35. The van der Waals surface area contributed by atoms with Crippen molar-refractivity contribution < 1.29 is 0 Å². The number of halogens is 1. The summed E-state index contributed by atoms with van der Waals surface area (Å²) in [6.07, 6.45) is 7.03. The van der Waals surface area contributed by atoms with Crippen LogP contribution in [0.5, 0.6) is 0 Å². The van der Waals surface area contributed by atoms with Crippen molar-refractivity contribution in [3.05, 3.63) is 58.7 Å². The summed E-state index contributed by atoms with van der Waals surface area (Å²) in [5.74, 6) is 0. The van der Waals surface area contributed by atoms with E-state index in [1.165, 1.54) is 5.57 Å². The summed E-state index contributed by atoms with van der Waals surface area (Å²) in [4.78, 5) is 0. The Labute approximate surface area is 95.2 Å². The average Bonchev–Trinajstić information content (AvgIpc) is 2.23. The van der Waals surface area contributed by atoms with Crippen molar-refractivity contribution in [1.82, 2.24) is 0 Å². The minimum Gasteiger partial charge on any atom is -0.318 e. The third-order valence-electron chi connectivity index (χ3n) is 2.78. The zero-order chi connectivity index (χ0) is 10.9. The second-order valence-corrected chi connectivity index (χ2v) is 4.41. The van der Waals surface area contributed by atoms with Crippen molar-refractivity contribution in [2.75, 3.05) is 0 Å². The highest BCUT2D eigenvalue weighted by Gasteiger charge is 2.26. The Morgan fingerprint density at radius 2 is 2.07 bits per heavy atom. The SMILES string of the molecule is CC1=CCC(N)(c2ccccc2Cl)C=C1. The topological polar surface area (TPSA) is 26.0 Å². The van der Waals surface area contributed by atoms with Crippen LogP contribution in [-0.4, -0.2) is 0 Å². The minimum atomic E-state index is -0.447. The summed E-state index contributed by atoms with van der Waals surface area (Å²) in [7, 11) is 0. The molecule has 2 heteroatoms. The van der Waals surface area contributed by atoms with Crippen molar-refractivity contribution in [2.24, 2.45) is 5.73 Å². The maximum atomic E-state index is 6.33. The van der Waals surface area contributed by atoms with E-state index in [-0.39, 0.29) is 0 Å². The Bertz CT molecular complexity index is 434. The molecule has 0 aliphatic heterocycles. The van der Waals surface area contributed by atoms with Crippen molar-refractivity contribution in [3.63, 3.8) is 0 Å². The molecule has 1 aliphatic rings. The van der Waals surface area contributed by atoms with Crippen molar-refractivity contribution in [2.45, 2.75) is 18.9 Å². The highest BCUT2D eigenvalue weighted by molar-refractivity contribution is 6.31. The maximum absolute atomic E-state index is 6.33. The van der Waals surface area contributed by atoms with E-state index in [2.05, 4.69) is 13.0 Å². The molecule has 0 heterocycles. The van der Waals surface area contributed by atoms with Crippen LogP contribution in [0.25, 0.3) is 0 Å². The smallest absolute Gasteiger partial charge is 0.0648 e. The standard InChI is InChI=1S/C13H14ClN/c1-10-6-8-13(15,9-7-10)11-4-2-3-5-12(11)14/h2-8H,9,15H2,1H3. The van der Waals surface area contributed by atoms with Gasteiger partial charge in [-0.2, -0.15) is 0 Å². The molecule has 0 radical (unpaired) electrons. The van der Waals surface area contributed by atoms with Crippen LogP contribution in [0.2, 0.25) is 5.02 Å². The summed E-state index contributed by atoms with van der Waals surface area (Å²) < 4.78 is 0. The second-order valence-electron chi connectivity index (χ2n) is 4.01. The molecule has 78 valence electrons. The van der Waals surface area contributed by atoms with Crippen LogP contribution in [0, 0.1) is 0 Å². The number of hydrogen-bond donors (Lipinski definition) is 1. The first kappa shape index (κ1) is 10.5. The lowest BCUT2D eigenvalue weighted by molar-refractivity contribution is 0.563. The van der Waals surface area contributed by atoms with Gasteiger partial charge in [0.15, 0.2) is 0 Å². The van der Waals surface area contributed by atoms with Gasteiger partial charge in [-0.1, -0.05) is 53.6 Å². The Kier molecular flexibility index (Phi) is 2.68. The van der Waals surface area contributed by atoms with E-state index in [0.717, 1.165) is 17.0 Å². The molecule has 1 aromatic rings. The molecule has 0 fully saturated rings. The molecule has 0 spiro atoms. The molecule has 1 aliphatic carbocycles. The number of rotatable bonds is 1. The lowest BCUT2D eigenvalue weighted by Gasteiger charge is -2.28. The predicted molar refractivity (Wildman–Crippen MR) is 64.8 cm³/mol. The quantitative estimate of drug-likeness (QED) is 0.770. The molecule has 1 nitrogen and oxygen atoms in total. The number of nitrogens with two attached hydrogens (primary N) is 1. The van der Waals surface area contributed by atoms with Gasteiger partial charge in [0.1, 0.15) is 0 Å². The Hall–Kier alpha value is -1.05. The average molecular weight is 220 g/mol. The fourth-order valence-electron chi connectivity index (χ4n) is 1.78. The van der Waals surface area contributed by atoms with E-state index in [1.807, 2.05) is 36.4 Å². The third-order valence-corrected chi connectivity index (χ3v) is 3.11. The zero-order valence-corrected chi connectivity index (χ0v) is 9.46. The highest BCUT2D eigenvalue weighted by Crippen LogP contribution is 2.33. The van der Waals surface area contributed by atoms with Crippen LogP contribution in [0.3, 0.4) is 0 Å². The lowest BCUT2D eigenvalue weighted by atomic mass is 9.83. The van der Waals surface area contributed by atoms with Gasteiger partial charge in [-0.3, -0.25) is 0 Å². The molecule has 2 N–H and O–H groups in total. The molecule has 15 heavy (non-hydrogen) atoms. The van der Waals surface area contributed by atoms with Gasteiger partial charge in [-0.05, 0) is 25.0 Å². The number of benzene rings is 1. The molecule has 1 aromatic carbocycles. The van der Waals surface area contributed by atoms with Gasteiger partial charge in [0.05, 0.1) is 5.54 Å². The molecule has 2 rings (SSSR count). The van der Waals surface area contributed by atoms with Crippen molar-refractivity contribution in [1.29, 1.82) is 0 Å². The first-order valence-electron chi connectivity index (χ1n) is 5.02. The summed E-state index contributed by atoms with van der Waals surface area (Å²) in [5, 5.41) is 0.734. The van der Waals surface area contributed by atoms with Crippen LogP contribution in [0.15, 0.2) is 48.1 Å². The van der Waals surface area contributed by atoms with Gasteiger partial charge >= 0.3 is 0 Å². The second kappa shape index (κ2) is 3.84. The van der Waals surface area contributed by atoms with Gasteiger partial charge in [0.2, 0.25) is 0 Å². The Morgan fingerprint density at radius 3 is 2.67 bits per heavy atom.